The van der Waals surface area contributed by atoms with Crippen LogP contribution in [0.25, 0.3) is 0 Å². The summed E-state index contributed by atoms with van der Waals surface area (Å²) < 4.78 is 38.9. The highest BCUT2D eigenvalue weighted by Crippen LogP contribution is 2.32. The van der Waals surface area contributed by atoms with E-state index < -0.39 is 23.0 Å². The van der Waals surface area contributed by atoms with Crippen LogP contribution in [0, 0.1) is 0 Å². The molecule has 1 aliphatic rings. The molecule has 0 spiro atoms. The van der Waals surface area contributed by atoms with E-state index in [1.54, 1.807) is 0 Å². The molecule has 0 aromatic rings. The molecule has 1 saturated heterocycles. The summed E-state index contributed by atoms with van der Waals surface area (Å²) in [4.78, 5) is 0. The van der Waals surface area contributed by atoms with Gasteiger partial charge >= 0.3 is 6.05 Å². The monoisotopic (exact) mass is 262 g/mol. The number of piperidine rings is 1. The van der Waals surface area contributed by atoms with E-state index in [0.717, 1.165) is 6.08 Å². The third kappa shape index (κ3) is 3.44. The van der Waals surface area contributed by atoms with Gasteiger partial charge in [0, 0.05) is 0 Å². The number of hydrogen-bond acceptors (Lipinski definition) is 3. The van der Waals surface area contributed by atoms with E-state index in [-0.39, 0.29) is 5.57 Å². The number of hydrogen-bond donors (Lipinski definition) is 3. The number of aliphatic hydroxyl groups is 1. The Morgan fingerprint density at radius 2 is 1.83 bits per heavy atom. The normalized spacial score (nSPS) is 20.6. The second-order valence-corrected chi connectivity index (χ2v) is 4.39. The van der Waals surface area contributed by atoms with Gasteiger partial charge in [0.15, 0.2) is 0 Å². The summed E-state index contributed by atoms with van der Waals surface area (Å²) >= 11 is 0. The summed E-state index contributed by atoms with van der Waals surface area (Å²) in [7, 11) is 0. The average molecular weight is 262 g/mol. The molecule has 0 aromatic carbocycles. The minimum atomic E-state index is -3.85. The fraction of sp³-hybridized carbons (Fsp3) is 0.500. The molecule has 0 radical (unpaired) electrons. The first-order valence-electron chi connectivity index (χ1n) is 5.53. The first-order valence-corrected chi connectivity index (χ1v) is 5.53. The Balaban J connectivity index is 2.98. The zero-order chi connectivity index (χ0) is 14.0. The van der Waals surface area contributed by atoms with Crippen LogP contribution >= 0.6 is 0 Å². The predicted molar refractivity (Wildman–Crippen MR) is 63.7 cm³/mol. The fourth-order valence-electron chi connectivity index (χ4n) is 1.83. The highest BCUT2D eigenvalue weighted by atomic mass is 19.3. The van der Waals surface area contributed by atoms with Crippen molar-refractivity contribution in [3.05, 3.63) is 36.2 Å². The molecule has 1 heterocycles. The zero-order valence-electron chi connectivity index (χ0n) is 9.98. The molecule has 18 heavy (non-hydrogen) atoms. The first-order chi connectivity index (χ1) is 8.17. The van der Waals surface area contributed by atoms with Gasteiger partial charge in [-0.15, -0.1) is 0 Å². The van der Waals surface area contributed by atoms with Crippen molar-refractivity contribution in [3.63, 3.8) is 0 Å². The Labute approximate surface area is 104 Å². The molecule has 0 atom stereocenters. The Bertz CT molecular complexity index is 379. The van der Waals surface area contributed by atoms with Crippen LogP contribution < -0.4 is 11.1 Å². The van der Waals surface area contributed by atoms with Crippen molar-refractivity contribution in [1.82, 2.24) is 5.32 Å². The molecule has 0 bridgehead atoms. The standard InChI is InChI=1S/C12H17F3N2O/c1-8(11(18)3-5-17-6-4-11)7-10(9(2)13)12(14,15)16/h7,17-18H,1-6,16H2/b10-7+. The second-order valence-electron chi connectivity index (χ2n) is 4.39. The van der Waals surface area contributed by atoms with Crippen molar-refractivity contribution < 1.29 is 18.3 Å². The van der Waals surface area contributed by atoms with Gasteiger partial charge in [0.25, 0.3) is 0 Å². The summed E-state index contributed by atoms with van der Waals surface area (Å²) in [5.74, 6) is -1.33. The van der Waals surface area contributed by atoms with E-state index in [2.05, 4.69) is 24.2 Å². The van der Waals surface area contributed by atoms with E-state index >= 15 is 0 Å². The van der Waals surface area contributed by atoms with Crippen molar-refractivity contribution in [3.8, 4) is 0 Å². The predicted octanol–water partition coefficient (Wildman–Crippen LogP) is 1.62. The van der Waals surface area contributed by atoms with Crippen molar-refractivity contribution >= 4 is 0 Å². The van der Waals surface area contributed by atoms with Crippen LogP contribution in [-0.4, -0.2) is 29.8 Å². The lowest BCUT2D eigenvalue weighted by atomic mass is 9.84. The summed E-state index contributed by atoms with van der Waals surface area (Å²) in [6.45, 7) is 7.42. The fourth-order valence-corrected chi connectivity index (χ4v) is 1.83. The van der Waals surface area contributed by atoms with Gasteiger partial charge in [0.1, 0.15) is 5.83 Å². The van der Waals surface area contributed by atoms with E-state index in [0.29, 0.717) is 25.9 Å². The van der Waals surface area contributed by atoms with Gasteiger partial charge in [-0.05, 0) is 37.6 Å². The summed E-state index contributed by atoms with van der Waals surface area (Å²) in [6, 6.07) is -3.85. The number of halogens is 3. The molecule has 3 nitrogen and oxygen atoms in total. The van der Waals surface area contributed by atoms with Gasteiger partial charge in [-0.1, -0.05) is 13.2 Å². The lowest BCUT2D eigenvalue weighted by Crippen LogP contribution is -2.43. The maximum Gasteiger partial charge on any atom is 0.329 e. The van der Waals surface area contributed by atoms with E-state index in [4.69, 9.17) is 0 Å². The molecule has 1 rings (SSSR count). The largest absolute Gasteiger partial charge is 0.385 e. The molecule has 0 aliphatic carbocycles. The van der Waals surface area contributed by atoms with Crippen molar-refractivity contribution in [2.24, 2.45) is 5.73 Å². The van der Waals surface area contributed by atoms with Gasteiger partial charge in [0.2, 0.25) is 0 Å². The van der Waals surface area contributed by atoms with Crippen LogP contribution in [0.4, 0.5) is 13.2 Å². The van der Waals surface area contributed by atoms with Crippen LogP contribution in [0.5, 0.6) is 0 Å². The maximum atomic E-state index is 13.0. The molecule has 1 fully saturated rings. The van der Waals surface area contributed by atoms with Crippen molar-refractivity contribution in [1.29, 1.82) is 0 Å². The van der Waals surface area contributed by atoms with Gasteiger partial charge in [-0.3, -0.25) is 5.73 Å². The lowest BCUT2D eigenvalue weighted by Gasteiger charge is -2.33. The minimum absolute atomic E-state index is 0.0166. The molecular weight excluding hydrogens is 245 g/mol. The molecule has 0 saturated carbocycles. The van der Waals surface area contributed by atoms with Gasteiger partial charge < -0.3 is 10.4 Å². The smallest absolute Gasteiger partial charge is 0.329 e. The van der Waals surface area contributed by atoms with Crippen molar-refractivity contribution in [2.45, 2.75) is 24.5 Å². The van der Waals surface area contributed by atoms with Gasteiger partial charge in [-0.2, -0.15) is 8.78 Å². The van der Waals surface area contributed by atoms with Gasteiger partial charge in [-0.25, -0.2) is 4.39 Å². The summed E-state index contributed by atoms with van der Waals surface area (Å²) in [5.41, 5.74) is 2.22. The van der Waals surface area contributed by atoms with E-state index in [1.165, 1.54) is 0 Å². The number of alkyl halides is 2. The van der Waals surface area contributed by atoms with E-state index in [9.17, 15) is 18.3 Å². The maximum absolute atomic E-state index is 13.0. The van der Waals surface area contributed by atoms with Crippen LogP contribution in [0.1, 0.15) is 12.8 Å². The first kappa shape index (κ1) is 14.9. The lowest BCUT2D eigenvalue weighted by molar-refractivity contribution is 0.0432. The van der Waals surface area contributed by atoms with Crippen LogP contribution in [-0.2, 0) is 0 Å². The Morgan fingerprint density at radius 1 is 1.33 bits per heavy atom. The average Bonchev–Trinajstić information content (AvgIpc) is 2.24. The van der Waals surface area contributed by atoms with Crippen LogP contribution in [0.3, 0.4) is 0 Å². The minimum Gasteiger partial charge on any atom is -0.385 e. The molecule has 1 aliphatic heterocycles. The van der Waals surface area contributed by atoms with Crippen LogP contribution in [0.15, 0.2) is 36.2 Å². The summed E-state index contributed by atoms with van der Waals surface area (Å²) in [6.07, 6.45) is 1.43. The molecular formula is C12H17F3N2O. The number of rotatable bonds is 4. The highest BCUT2D eigenvalue weighted by Gasteiger charge is 2.35. The third-order valence-electron chi connectivity index (χ3n) is 3.00. The molecule has 4 N–H and O–H groups in total. The highest BCUT2D eigenvalue weighted by molar-refractivity contribution is 5.39. The summed E-state index contributed by atoms with van der Waals surface area (Å²) in [5, 5.41) is 13.2. The zero-order valence-corrected chi connectivity index (χ0v) is 9.98. The third-order valence-corrected chi connectivity index (χ3v) is 3.00. The molecule has 0 aromatic heterocycles. The van der Waals surface area contributed by atoms with E-state index in [1.807, 2.05) is 0 Å². The number of nitrogens with one attached hydrogen (secondary N) is 1. The van der Waals surface area contributed by atoms with Gasteiger partial charge in [0.05, 0.1) is 11.2 Å². The Hall–Kier alpha value is -1.11. The number of nitrogens with two attached hydrogens (primary N) is 1. The molecule has 6 heteroatoms. The topological polar surface area (TPSA) is 58.3 Å². The molecule has 102 valence electrons. The molecule has 0 amide bonds. The van der Waals surface area contributed by atoms with Crippen LogP contribution in [0.2, 0.25) is 0 Å². The Kier molecular flexibility index (Phi) is 4.37. The Morgan fingerprint density at radius 3 is 2.22 bits per heavy atom. The second kappa shape index (κ2) is 5.26. The van der Waals surface area contributed by atoms with Crippen molar-refractivity contribution in [2.75, 3.05) is 13.1 Å². The molecule has 0 unspecified atom stereocenters. The SMILES string of the molecule is C=C(F)/C(=C\C(=C)C1(O)CCNCC1)C(N)(F)F. The quantitative estimate of drug-likeness (QED) is 0.533.